The summed E-state index contributed by atoms with van der Waals surface area (Å²) in [6, 6.07) is 13.6. The van der Waals surface area contributed by atoms with Crippen LogP contribution >= 0.6 is 0 Å². The summed E-state index contributed by atoms with van der Waals surface area (Å²) in [6.07, 6.45) is 1.74. The minimum Gasteiger partial charge on any atom is -0.462 e. The van der Waals surface area contributed by atoms with E-state index in [0.29, 0.717) is 29.1 Å². The van der Waals surface area contributed by atoms with Crippen LogP contribution in [0, 0.1) is 13.8 Å². The van der Waals surface area contributed by atoms with E-state index < -0.39 is 5.97 Å². The van der Waals surface area contributed by atoms with E-state index >= 15 is 0 Å². The van der Waals surface area contributed by atoms with Crippen LogP contribution in [0.25, 0.3) is 27.9 Å². The Kier molecular flexibility index (Phi) is 4.92. The first kappa shape index (κ1) is 18.9. The second-order valence-corrected chi connectivity index (χ2v) is 7.19. The van der Waals surface area contributed by atoms with Crippen molar-refractivity contribution in [3.05, 3.63) is 59.2 Å². The summed E-state index contributed by atoms with van der Waals surface area (Å²) in [7, 11) is 0. The van der Waals surface area contributed by atoms with E-state index in [1.807, 2.05) is 67.8 Å². The molecular formula is C23H24N4O2. The van der Waals surface area contributed by atoms with Crippen LogP contribution in [-0.2, 0) is 4.74 Å². The molecule has 0 bridgehead atoms. The van der Waals surface area contributed by atoms with Crippen LogP contribution in [0.2, 0.25) is 0 Å². The van der Waals surface area contributed by atoms with Gasteiger partial charge in [0.2, 0.25) is 0 Å². The number of unbranched alkanes of at least 4 members (excludes halogenated alkanes) is 1. The summed E-state index contributed by atoms with van der Waals surface area (Å²) >= 11 is 0. The molecule has 0 amide bonds. The molecule has 0 aliphatic carbocycles. The van der Waals surface area contributed by atoms with Crippen molar-refractivity contribution in [2.75, 3.05) is 12.3 Å². The highest BCUT2D eigenvalue weighted by Crippen LogP contribution is 2.33. The number of esters is 1. The summed E-state index contributed by atoms with van der Waals surface area (Å²) in [5.41, 5.74) is 12.3. The van der Waals surface area contributed by atoms with E-state index in [0.717, 1.165) is 35.2 Å². The number of para-hydroxylation sites is 2. The van der Waals surface area contributed by atoms with Gasteiger partial charge in [-0.05, 0) is 49.6 Å². The fourth-order valence-corrected chi connectivity index (χ4v) is 3.47. The largest absolute Gasteiger partial charge is 0.462 e. The number of nitrogens with zero attached hydrogens (tertiary/aromatic N) is 3. The number of hydrogen-bond acceptors (Lipinski definition) is 5. The molecule has 29 heavy (non-hydrogen) atoms. The predicted molar refractivity (Wildman–Crippen MR) is 115 cm³/mol. The number of fused-ring (bicyclic) bond motifs is 2. The van der Waals surface area contributed by atoms with Gasteiger partial charge in [0, 0.05) is 0 Å². The monoisotopic (exact) mass is 388 g/mol. The zero-order valence-electron chi connectivity index (χ0n) is 16.9. The summed E-state index contributed by atoms with van der Waals surface area (Å²) in [6.45, 7) is 6.48. The standard InChI is InChI=1S/C23H24N4O2/c1-4-5-13-29-23(28)19-20-22(26-17-11-7-6-10-16(17)25-20)27(21(19)24)18-12-8-9-14(2)15(18)3/h6-12H,4-5,13,24H2,1-3H3. The van der Waals surface area contributed by atoms with E-state index in [-0.39, 0.29) is 5.56 Å². The second-order valence-electron chi connectivity index (χ2n) is 7.19. The van der Waals surface area contributed by atoms with Crippen molar-refractivity contribution >= 4 is 34.0 Å². The van der Waals surface area contributed by atoms with Gasteiger partial charge in [-0.2, -0.15) is 0 Å². The van der Waals surface area contributed by atoms with Crippen molar-refractivity contribution in [3.63, 3.8) is 0 Å². The Morgan fingerprint density at radius 3 is 2.52 bits per heavy atom. The summed E-state index contributed by atoms with van der Waals surface area (Å²) in [5.74, 6) is -0.167. The molecule has 6 nitrogen and oxygen atoms in total. The Balaban J connectivity index is 2.02. The first-order valence-electron chi connectivity index (χ1n) is 9.83. The van der Waals surface area contributed by atoms with E-state index in [9.17, 15) is 4.79 Å². The molecule has 0 saturated heterocycles. The number of rotatable bonds is 5. The molecule has 2 N–H and O–H groups in total. The molecular weight excluding hydrogens is 364 g/mol. The molecule has 0 radical (unpaired) electrons. The maximum absolute atomic E-state index is 12.9. The SMILES string of the molecule is CCCCOC(=O)c1c(N)n(-c2cccc(C)c2C)c2nc3ccccc3nc12. The maximum atomic E-state index is 12.9. The topological polar surface area (TPSA) is 83.0 Å². The number of aromatic nitrogens is 3. The lowest BCUT2D eigenvalue weighted by atomic mass is 10.1. The van der Waals surface area contributed by atoms with Gasteiger partial charge in [-0.25, -0.2) is 14.8 Å². The van der Waals surface area contributed by atoms with Gasteiger partial charge in [0.1, 0.15) is 16.9 Å². The Labute approximate surface area is 169 Å². The Bertz CT molecular complexity index is 1230. The molecule has 2 heterocycles. The molecule has 2 aromatic heterocycles. The van der Waals surface area contributed by atoms with Gasteiger partial charge in [0.15, 0.2) is 5.65 Å². The summed E-state index contributed by atoms with van der Waals surface area (Å²) in [5, 5.41) is 0. The molecule has 4 rings (SSSR count). The van der Waals surface area contributed by atoms with Crippen molar-refractivity contribution in [1.29, 1.82) is 0 Å². The molecule has 0 atom stereocenters. The van der Waals surface area contributed by atoms with Crippen molar-refractivity contribution in [2.24, 2.45) is 0 Å². The summed E-state index contributed by atoms with van der Waals surface area (Å²) in [4.78, 5) is 22.4. The molecule has 148 valence electrons. The van der Waals surface area contributed by atoms with Crippen LogP contribution in [0.4, 0.5) is 5.82 Å². The molecule has 0 fully saturated rings. The van der Waals surface area contributed by atoms with Crippen molar-refractivity contribution in [1.82, 2.24) is 14.5 Å². The van der Waals surface area contributed by atoms with Crippen LogP contribution in [0.5, 0.6) is 0 Å². The van der Waals surface area contributed by atoms with Crippen LogP contribution in [0.15, 0.2) is 42.5 Å². The van der Waals surface area contributed by atoms with Crippen molar-refractivity contribution in [3.8, 4) is 5.69 Å². The number of benzene rings is 2. The number of aryl methyl sites for hydroxylation is 1. The molecule has 4 aromatic rings. The highest BCUT2D eigenvalue weighted by molar-refractivity contribution is 6.09. The van der Waals surface area contributed by atoms with Gasteiger partial charge in [-0.3, -0.25) is 4.57 Å². The van der Waals surface area contributed by atoms with E-state index in [1.165, 1.54) is 0 Å². The van der Waals surface area contributed by atoms with Crippen LogP contribution in [0.3, 0.4) is 0 Å². The average molecular weight is 388 g/mol. The van der Waals surface area contributed by atoms with E-state index in [1.54, 1.807) is 0 Å². The third-order valence-corrected chi connectivity index (χ3v) is 5.25. The number of nitrogens with two attached hydrogens (primary N) is 1. The number of anilines is 1. The summed E-state index contributed by atoms with van der Waals surface area (Å²) < 4.78 is 7.29. The third kappa shape index (κ3) is 3.20. The van der Waals surface area contributed by atoms with Crippen LogP contribution < -0.4 is 5.73 Å². The molecule has 0 unspecified atom stereocenters. The van der Waals surface area contributed by atoms with Gasteiger partial charge in [-0.1, -0.05) is 37.6 Å². The van der Waals surface area contributed by atoms with E-state index in [4.69, 9.17) is 20.4 Å². The van der Waals surface area contributed by atoms with Gasteiger partial charge in [0.25, 0.3) is 0 Å². The Morgan fingerprint density at radius 1 is 1.07 bits per heavy atom. The minimum absolute atomic E-state index is 0.273. The van der Waals surface area contributed by atoms with Crippen LogP contribution in [-0.4, -0.2) is 27.1 Å². The highest BCUT2D eigenvalue weighted by Gasteiger charge is 2.26. The molecule has 0 aliphatic heterocycles. The molecule has 0 spiro atoms. The Morgan fingerprint density at radius 2 is 1.79 bits per heavy atom. The number of carbonyl (C=O) groups is 1. The van der Waals surface area contributed by atoms with Crippen LogP contribution in [0.1, 0.15) is 41.3 Å². The zero-order valence-corrected chi connectivity index (χ0v) is 16.9. The van der Waals surface area contributed by atoms with Gasteiger partial charge in [0.05, 0.1) is 23.3 Å². The first-order chi connectivity index (χ1) is 14.0. The normalized spacial score (nSPS) is 11.3. The quantitative estimate of drug-likeness (QED) is 0.395. The fraction of sp³-hybridized carbons (Fsp3) is 0.261. The molecule has 2 aromatic carbocycles. The second kappa shape index (κ2) is 7.54. The third-order valence-electron chi connectivity index (χ3n) is 5.25. The Hall–Kier alpha value is -3.41. The minimum atomic E-state index is -0.463. The van der Waals surface area contributed by atoms with E-state index in [2.05, 4.69) is 0 Å². The van der Waals surface area contributed by atoms with Gasteiger partial charge in [-0.15, -0.1) is 0 Å². The number of nitrogen functional groups attached to an aromatic ring is 1. The number of carbonyl (C=O) groups excluding carboxylic acids is 1. The number of ether oxygens (including phenoxy) is 1. The van der Waals surface area contributed by atoms with Crippen molar-refractivity contribution in [2.45, 2.75) is 33.6 Å². The fourth-order valence-electron chi connectivity index (χ4n) is 3.47. The van der Waals surface area contributed by atoms with Gasteiger partial charge < -0.3 is 10.5 Å². The van der Waals surface area contributed by atoms with Gasteiger partial charge >= 0.3 is 5.97 Å². The lowest BCUT2D eigenvalue weighted by Crippen LogP contribution is -2.10. The molecule has 0 aliphatic rings. The smallest absolute Gasteiger partial charge is 0.344 e. The molecule has 6 heteroatoms. The lowest BCUT2D eigenvalue weighted by Gasteiger charge is -2.13. The average Bonchev–Trinajstić information content (AvgIpc) is 2.99. The maximum Gasteiger partial charge on any atom is 0.344 e. The molecule has 0 saturated carbocycles. The number of hydrogen-bond donors (Lipinski definition) is 1. The highest BCUT2D eigenvalue weighted by atomic mass is 16.5. The predicted octanol–water partition coefficient (Wildman–Crippen LogP) is 4.73. The van der Waals surface area contributed by atoms with Crippen molar-refractivity contribution < 1.29 is 9.53 Å². The first-order valence-corrected chi connectivity index (χ1v) is 9.83. The zero-order chi connectivity index (χ0) is 20.5. The lowest BCUT2D eigenvalue weighted by molar-refractivity contribution is 0.0503.